The van der Waals surface area contributed by atoms with Gasteiger partial charge in [0.2, 0.25) is 0 Å². The molecule has 2 unspecified atom stereocenters. The van der Waals surface area contributed by atoms with Gasteiger partial charge in [-0.1, -0.05) is 205 Å². The van der Waals surface area contributed by atoms with Gasteiger partial charge in [-0.3, -0.25) is 9.59 Å². The molecular weight excluding hydrogens is 701 g/mol. The summed E-state index contributed by atoms with van der Waals surface area (Å²) in [5.74, 6) is 2.60. The molecule has 0 aromatic heterocycles. The second-order valence-electron chi connectivity index (χ2n) is 17.0. The number of thioether (sulfide) groups is 2. The number of carbonyl (C=O) groups excluding carboxylic acids is 2. The minimum absolute atomic E-state index is 0.293. The fourth-order valence-electron chi connectivity index (χ4n) is 7.58. The summed E-state index contributed by atoms with van der Waals surface area (Å²) in [5, 5.41) is 0.983. The van der Waals surface area contributed by atoms with Crippen molar-refractivity contribution in [3.8, 4) is 0 Å². The molecule has 0 bridgehead atoms. The third-order valence-electron chi connectivity index (χ3n) is 11.4. The zero-order valence-electron chi connectivity index (χ0n) is 37.6. The molecule has 0 saturated carbocycles. The molecule has 0 heterocycles. The van der Waals surface area contributed by atoms with Crippen LogP contribution in [0.3, 0.4) is 0 Å². The van der Waals surface area contributed by atoms with Crippen molar-refractivity contribution in [1.29, 1.82) is 0 Å². The van der Waals surface area contributed by atoms with Crippen molar-refractivity contribution in [2.75, 3.05) is 51.8 Å². The van der Waals surface area contributed by atoms with Crippen molar-refractivity contribution >= 4 is 33.8 Å². The molecule has 4 nitrogen and oxygen atoms in total. The lowest BCUT2D eigenvalue weighted by Gasteiger charge is -2.24. The molecule has 322 valence electrons. The molecule has 0 spiro atoms. The minimum Gasteiger partial charge on any atom is -0.308 e. The van der Waals surface area contributed by atoms with Crippen molar-refractivity contribution in [2.45, 2.75) is 233 Å². The summed E-state index contributed by atoms with van der Waals surface area (Å²) in [7, 11) is 4.37. The number of unbranched alkanes of at least 4 members (excludes halogenated alkanes) is 22. The first-order chi connectivity index (χ1) is 26.4. The number of nitrogens with zero attached hydrogens (tertiary/aromatic N) is 2. The average Bonchev–Trinajstić information content (AvgIpc) is 3.16. The Kier molecular flexibility index (Phi) is 42.5. The molecule has 0 radical (unpaired) electrons. The van der Waals surface area contributed by atoms with E-state index in [1.807, 2.05) is 0 Å². The van der Waals surface area contributed by atoms with Crippen molar-refractivity contribution in [3.63, 3.8) is 0 Å². The van der Waals surface area contributed by atoms with E-state index in [1.165, 1.54) is 193 Å². The van der Waals surface area contributed by atoms with Crippen molar-refractivity contribution in [1.82, 2.24) is 9.80 Å². The highest BCUT2D eigenvalue weighted by Crippen LogP contribution is 2.27. The standard InChI is InChI=1S/C48H96N2O2S2/c1-7-11-15-19-21-29-37-45(35-27-17-13-9-3)47(51)53-43-33-25-23-31-39-50(42-41-49(5)6)40-32-24-26-34-44-54-48(52)46(36-28-18-14-10-4)38-30-22-20-16-12-8-2/h45-46H,7-44H2,1-6H3. The SMILES string of the molecule is CCCCCCCCC(CCCCCC)C(=O)SCCCCCCN(CCCCCCSC(=O)C(CCCCCC)CCCCCCCC)CCN(C)C. The molecule has 0 aromatic rings. The van der Waals surface area contributed by atoms with Crippen molar-refractivity contribution in [2.24, 2.45) is 11.8 Å². The summed E-state index contributed by atoms with van der Waals surface area (Å²) in [6.45, 7) is 13.8. The van der Waals surface area contributed by atoms with Crippen LogP contribution in [0, 0.1) is 11.8 Å². The van der Waals surface area contributed by atoms with Crippen molar-refractivity contribution in [3.05, 3.63) is 0 Å². The first kappa shape index (κ1) is 54.0. The molecule has 0 aromatic carbocycles. The second kappa shape index (κ2) is 42.6. The summed E-state index contributed by atoms with van der Waals surface area (Å²) >= 11 is 3.31. The highest BCUT2D eigenvalue weighted by Gasteiger charge is 2.19. The summed E-state index contributed by atoms with van der Waals surface area (Å²) in [4.78, 5) is 31.3. The summed E-state index contributed by atoms with van der Waals surface area (Å²) in [6, 6.07) is 0. The summed E-state index contributed by atoms with van der Waals surface area (Å²) < 4.78 is 0. The van der Waals surface area contributed by atoms with E-state index in [1.54, 1.807) is 23.5 Å². The van der Waals surface area contributed by atoms with Gasteiger partial charge in [0.05, 0.1) is 0 Å². The third-order valence-corrected chi connectivity index (χ3v) is 13.6. The number of carbonyl (C=O) groups is 2. The van der Waals surface area contributed by atoms with Crippen LogP contribution >= 0.6 is 23.5 Å². The Bertz CT molecular complexity index is 737. The third kappa shape index (κ3) is 36.3. The fourth-order valence-corrected chi connectivity index (χ4v) is 9.62. The molecule has 2 atom stereocenters. The number of hydrogen-bond acceptors (Lipinski definition) is 6. The highest BCUT2D eigenvalue weighted by atomic mass is 32.2. The van der Waals surface area contributed by atoms with Gasteiger partial charge in [0.1, 0.15) is 0 Å². The molecule has 0 aliphatic rings. The van der Waals surface area contributed by atoms with Gasteiger partial charge in [-0.2, -0.15) is 0 Å². The zero-order valence-corrected chi connectivity index (χ0v) is 39.2. The van der Waals surface area contributed by atoms with E-state index >= 15 is 0 Å². The van der Waals surface area contributed by atoms with Crippen LogP contribution in [0.2, 0.25) is 0 Å². The van der Waals surface area contributed by atoms with Gasteiger partial charge >= 0.3 is 0 Å². The Balaban J connectivity index is 4.37. The maximum absolute atomic E-state index is 13.2. The molecule has 0 rings (SSSR count). The number of rotatable bonds is 43. The smallest absolute Gasteiger partial charge is 0.192 e. The lowest BCUT2D eigenvalue weighted by Crippen LogP contribution is -2.33. The van der Waals surface area contributed by atoms with E-state index < -0.39 is 0 Å². The Morgan fingerprint density at radius 3 is 1.02 bits per heavy atom. The van der Waals surface area contributed by atoms with E-state index in [0.717, 1.165) is 50.3 Å². The van der Waals surface area contributed by atoms with Crippen LogP contribution in [0.1, 0.15) is 233 Å². The Hall–Kier alpha value is -0.0400. The number of likely N-dealkylation sites (N-methyl/N-ethyl adjacent to an activating group) is 1. The normalized spacial score (nSPS) is 13.0. The van der Waals surface area contributed by atoms with E-state index in [2.05, 4.69) is 51.6 Å². The van der Waals surface area contributed by atoms with Gasteiger partial charge in [-0.15, -0.1) is 0 Å². The lowest BCUT2D eigenvalue weighted by atomic mass is 9.95. The highest BCUT2D eigenvalue weighted by molar-refractivity contribution is 8.13. The van der Waals surface area contributed by atoms with Crippen LogP contribution in [0.25, 0.3) is 0 Å². The topological polar surface area (TPSA) is 40.6 Å². The molecule has 0 aliphatic heterocycles. The lowest BCUT2D eigenvalue weighted by molar-refractivity contribution is -0.115. The molecule has 0 saturated heterocycles. The largest absolute Gasteiger partial charge is 0.308 e. The molecular formula is C48H96N2O2S2. The minimum atomic E-state index is 0.293. The first-order valence-corrected chi connectivity index (χ1v) is 26.1. The molecule has 0 aliphatic carbocycles. The van der Waals surface area contributed by atoms with E-state index in [0.29, 0.717) is 22.1 Å². The van der Waals surface area contributed by atoms with E-state index in [-0.39, 0.29) is 0 Å². The van der Waals surface area contributed by atoms with E-state index in [4.69, 9.17) is 0 Å². The van der Waals surface area contributed by atoms with Crippen LogP contribution < -0.4 is 0 Å². The average molecular weight is 797 g/mol. The summed E-state index contributed by atoms with van der Waals surface area (Å²) in [5.41, 5.74) is 0. The van der Waals surface area contributed by atoms with Crippen molar-refractivity contribution < 1.29 is 9.59 Å². The van der Waals surface area contributed by atoms with Crippen LogP contribution in [0.4, 0.5) is 0 Å². The monoisotopic (exact) mass is 797 g/mol. The second-order valence-corrected chi connectivity index (χ2v) is 19.2. The summed E-state index contributed by atoms with van der Waals surface area (Å²) in [6.07, 6.45) is 40.3. The molecule has 0 amide bonds. The molecule has 0 fully saturated rings. The van der Waals surface area contributed by atoms with Crippen LogP contribution in [0.15, 0.2) is 0 Å². The Labute approximate surface area is 348 Å². The fraction of sp³-hybridized carbons (Fsp3) is 0.958. The maximum Gasteiger partial charge on any atom is 0.192 e. The first-order valence-electron chi connectivity index (χ1n) is 24.1. The Morgan fingerprint density at radius 2 is 0.667 bits per heavy atom. The predicted octanol–water partition coefficient (Wildman–Crippen LogP) is 15.2. The number of hydrogen-bond donors (Lipinski definition) is 0. The van der Waals surface area contributed by atoms with Gasteiger partial charge in [-0.05, 0) is 78.6 Å². The van der Waals surface area contributed by atoms with Gasteiger partial charge in [0.25, 0.3) is 0 Å². The quantitative estimate of drug-likeness (QED) is 0.0573. The predicted molar refractivity (Wildman–Crippen MR) is 247 cm³/mol. The van der Waals surface area contributed by atoms with Crippen LogP contribution in [-0.4, -0.2) is 71.8 Å². The zero-order chi connectivity index (χ0) is 39.7. The van der Waals surface area contributed by atoms with Gasteiger partial charge in [0, 0.05) is 36.4 Å². The molecule has 54 heavy (non-hydrogen) atoms. The van der Waals surface area contributed by atoms with Gasteiger partial charge < -0.3 is 9.80 Å². The molecule has 6 heteroatoms. The van der Waals surface area contributed by atoms with Gasteiger partial charge in [0.15, 0.2) is 10.2 Å². The van der Waals surface area contributed by atoms with Crippen LogP contribution in [0.5, 0.6) is 0 Å². The maximum atomic E-state index is 13.2. The van der Waals surface area contributed by atoms with Crippen LogP contribution in [-0.2, 0) is 9.59 Å². The van der Waals surface area contributed by atoms with E-state index in [9.17, 15) is 9.59 Å². The molecule has 0 N–H and O–H groups in total. The Morgan fingerprint density at radius 1 is 0.370 bits per heavy atom. The van der Waals surface area contributed by atoms with Gasteiger partial charge in [-0.25, -0.2) is 0 Å².